The van der Waals surface area contributed by atoms with E-state index in [1.807, 2.05) is 0 Å². The molecule has 0 aliphatic rings. The molecule has 0 aliphatic carbocycles. The molecule has 0 fully saturated rings. The van der Waals surface area contributed by atoms with Gasteiger partial charge in [0, 0.05) is 11.6 Å². The van der Waals surface area contributed by atoms with Crippen molar-refractivity contribution in [2.24, 2.45) is 0 Å². The Bertz CT molecular complexity index is 1130. The Labute approximate surface area is 156 Å². The highest BCUT2D eigenvalue weighted by molar-refractivity contribution is 5.70. The van der Waals surface area contributed by atoms with Crippen LogP contribution in [0.1, 0.15) is 5.56 Å². The average molecular weight is 382 g/mol. The van der Waals surface area contributed by atoms with Crippen molar-refractivity contribution in [1.29, 1.82) is 0 Å². The van der Waals surface area contributed by atoms with Gasteiger partial charge < -0.3 is 9.84 Å². The average Bonchev–Trinajstić information content (AvgIpc) is 3.35. The van der Waals surface area contributed by atoms with Crippen LogP contribution in [0.25, 0.3) is 22.9 Å². The van der Waals surface area contributed by atoms with E-state index in [1.165, 1.54) is 17.0 Å². The Morgan fingerprint density at radius 1 is 1.14 bits per heavy atom. The van der Waals surface area contributed by atoms with Gasteiger partial charge in [-0.1, -0.05) is 23.4 Å². The molecule has 1 amide bonds. The highest BCUT2D eigenvalue weighted by Gasteiger charge is 2.18. The maximum Gasteiger partial charge on any atom is 0.212 e. The number of rotatable bonds is 6. The maximum absolute atomic E-state index is 14.1. The van der Waals surface area contributed by atoms with Crippen molar-refractivity contribution in [2.45, 2.75) is 6.54 Å². The van der Waals surface area contributed by atoms with E-state index in [1.54, 1.807) is 30.3 Å². The second kappa shape index (κ2) is 7.35. The predicted octanol–water partition coefficient (Wildman–Crippen LogP) is 2.89. The number of benzene rings is 1. The molecular formula is C18H12F2N6O2. The molecule has 4 aromatic rings. The fourth-order valence-electron chi connectivity index (χ4n) is 2.63. The van der Waals surface area contributed by atoms with Gasteiger partial charge in [0.15, 0.2) is 17.5 Å². The molecule has 28 heavy (non-hydrogen) atoms. The number of nitrogens with one attached hydrogen (secondary N) is 1. The van der Waals surface area contributed by atoms with E-state index in [0.717, 1.165) is 6.20 Å². The summed E-state index contributed by atoms with van der Waals surface area (Å²) >= 11 is 0. The van der Waals surface area contributed by atoms with Gasteiger partial charge in [-0.05, 0) is 12.1 Å². The van der Waals surface area contributed by atoms with Gasteiger partial charge in [0.1, 0.15) is 23.5 Å². The van der Waals surface area contributed by atoms with Crippen LogP contribution in [0.4, 0.5) is 14.6 Å². The summed E-state index contributed by atoms with van der Waals surface area (Å²) in [5.41, 5.74) is 1.72. The van der Waals surface area contributed by atoms with Gasteiger partial charge in [-0.2, -0.15) is 5.10 Å². The molecule has 1 aromatic carbocycles. The molecule has 140 valence electrons. The molecule has 1 N–H and O–H groups in total. The van der Waals surface area contributed by atoms with E-state index in [0.29, 0.717) is 29.1 Å². The van der Waals surface area contributed by atoms with Gasteiger partial charge in [0.05, 0.1) is 18.4 Å². The van der Waals surface area contributed by atoms with E-state index in [4.69, 9.17) is 4.52 Å². The first-order valence-electron chi connectivity index (χ1n) is 8.11. The number of hydrogen-bond donors (Lipinski definition) is 1. The van der Waals surface area contributed by atoms with Crippen LogP contribution in [0.15, 0.2) is 53.4 Å². The van der Waals surface area contributed by atoms with Gasteiger partial charge in [-0.25, -0.2) is 18.7 Å². The Kier molecular flexibility index (Phi) is 4.58. The monoisotopic (exact) mass is 382 g/mol. The second-order valence-electron chi connectivity index (χ2n) is 5.70. The van der Waals surface area contributed by atoms with Crippen molar-refractivity contribution in [3.8, 4) is 22.9 Å². The summed E-state index contributed by atoms with van der Waals surface area (Å²) < 4.78 is 34.2. The Balaban J connectivity index is 1.79. The van der Waals surface area contributed by atoms with E-state index >= 15 is 0 Å². The zero-order chi connectivity index (χ0) is 19.5. The number of carbonyl (C=O) groups excluding carboxylic acids is 1. The van der Waals surface area contributed by atoms with Crippen LogP contribution in [0.3, 0.4) is 0 Å². The van der Waals surface area contributed by atoms with Crippen LogP contribution in [0.2, 0.25) is 0 Å². The smallest absolute Gasteiger partial charge is 0.212 e. The van der Waals surface area contributed by atoms with Crippen LogP contribution >= 0.6 is 0 Å². The summed E-state index contributed by atoms with van der Waals surface area (Å²) in [7, 11) is 0. The van der Waals surface area contributed by atoms with Crippen molar-refractivity contribution < 1.29 is 18.1 Å². The number of anilines is 1. The first-order chi connectivity index (χ1) is 13.7. The zero-order valence-electron chi connectivity index (χ0n) is 14.2. The van der Waals surface area contributed by atoms with Crippen LogP contribution in [-0.2, 0) is 11.3 Å². The van der Waals surface area contributed by atoms with E-state index < -0.39 is 5.82 Å². The standard InChI is InChI=1S/C18H12F2N6O2/c19-12-4-2-1-3-11(12)9-26-16(14-5-6-28-25-14)7-15(24-26)18-21-8-13(20)17(23-18)22-10-27/h1-8,10H,9H2,(H,21,22,23,27). The predicted molar refractivity (Wildman–Crippen MR) is 93.9 cm³/mol. The summed E-state index contributed by atoms with van der Waals surface area (Å²) in [6.07, 6.45) is 2.64. The van der Waals surface area contributed by atoms with Crippen molar-refractivity contribution in [1.82, 2.24) is 24.9 Å². The van der Waals surface area contributed by atoms with Crippen molar-refractivity contribution in [2.75, 3.05) is 5.32 Å². The third-order valence-corrected chi connectivity index (χ3v) is 3.93. The highest BCUT2D eigenvalue weighted by atomic mass is 19.1. The Morgan fingerprint density at radius 2 is 2.00 bits per heavy atom. The fourth-order valence-corrected chi connectivity index (χ4v) is 2.63. The quantitative estimate of drug-likeness (QED) is 0.515. The van der Waals surface area contributed by atoms with Gasteiger partial charge in [0.25, 0.3) is 0 Å². The molecule has 0 aliphatic heterocycles. The van der Waals surface area contributed by atoms with Gasteiger partial charge in [-0.3, -0.25) is 9.48 Å². The molecule has 0 saturated heterocycles. The third kappa shape index (κ3) is 3.34. The molecule has 4 rings (SSSR count). The number of nitrogens with zero attached hydrogens (tertiary/aromatic N) is 5. The minimum Gasteiger partial charge on any atom is -0.364 e. The second-order valence-corrected chi connectivity index (χ2v) is 5.70. The molecule has 3 heterocycles. The molecule has 0 bridgehead atoms. The summed E-state index contributed by atoms with van der Waals surface area (Å²) in [6.45, 7) is 0.121. The van der Waals surface area contributed by atoms with Gasteiger partial charge >= 0.3 is 0 Å². The van der Waals surface area contributed by atoms with Crippen LogP contribution in [0, 0.1) is 11.6 Å². The number of carbonyl (C=O) groups is 1. The molecule has 0 radical (unpaired) electrons. The summed E-state index contributed by atoms with van der Waals surface area (Å²) in [5, 5.41) is 10.5. The minimum absolute atomic E-state index is 0.0859. The normalized spacial score (nSPS) is 10.8. The molecule has 0 atom stereocenters. The SMILES string of the molecule is O=CNc1nc(-c2cc(-c3ccon3)n(Cc3ccccc3F)n2)ncc1F. The van der Waals surface area contributed by atoms with Gasteiger partial charge in [0.2, 0.25) is 6.41 Å². The summed E-state index contributed by atoms with van der Waals surface area (Å²) in [6, 6.07) is 9.57. The summed E-state index contributed by atoms with van der Waals surface area (Å²) in [5.74, 6) is -1.34. The van der Waals surface area contributed by atoms with Crippen LogP contribution in [-0.4, -0.2) is 31.3 Å². The first-order valence-corrected chi connectivity index (χ1v) is 8.11. The summed E-state index contributed by atoms with van der Waals surface area (Å²) in [4.78, 5) is 18.5. The largest absolute Gasteiger partial charge is 0.364 e. The van der Waals surface area contributed by atoms with Crippen molar-refractivity contribution in [3.05, 3.63) is 66.1 Å². The lowest BCUT2D eigenvalue weighted by atomic mass is 10.2. The lowest BCUT2D eigenvalue weighted by molar-refractivity contribution is -0.105. The molecule has 10 heteroatoms. The molecular weight excluding hydrogens is 370 g/mol. The fraction of sp³-hybridized carbons (Fsp3) is 0.0556. The number of hydrogen-bond acceptors (Lipinski definition) is 6. The Morgan fingerprint density at radius 3 is 2.75 bits per heavy atom. The number of halogens is 2. The lowest BCUT2D eigenvalue weighted by Gasteiger charge is -2.06. The lowest BCUT2D eigenvalue weighted by Crippen LogP contribution is -2.06. The van der Waals surface area contributed by atoms with Crippen LogP contribution < -0.4 is 5.32 Å². The molecule has 0 saturated carbocycles. The minimum atomic E-state index is -0.779. The topological polar surface area (TPSA) is 98.7 Å². The molecule has 3 aromatic heterocycles. The zero-order valence-corrected chi connectivity index (χ0v) is 14.2. The van der Waals surface area contributed by atoms with Crippen molar-refractivity contribution >= 4 is 12.2 Å². The molecule has 8 nitrogen and oxygen atoms in total. The number of aromatic nitrogens is 5. The maximum atomic E-state index is 14.1. The first kappa shape index (κ1) is 17.5. The highest BCUT2D eigenvalue weighted by Crippen LogP contribution is 2.25. The van der Waals surface area contributed by atoms with Crippen LogP contribution in [0.5, 0.6) is 0 Å². The van der Waals surface area contributed by atoms with E-state index in [9.17, 15) is 13.6 Å². The molecule has 0 unspecified atom stereocenters. The van der Waals surface area contributed by atoms with E-state index in [-0.39, 0.29) is 24.0 Å². The Hall–Kier alpha value is -3.95. The molecule has 0 spiro atoms. The van der Waals surface area contributed by atoms with Gasteiger partial charge in [-0.15, -0.1) is 0 Å². The third-order valence-electron chi connectivity index (χ3n) is 3.93. The van der Waals surface area contributed by atoms with E-state index in [2.05, 4.69) is 25.5 Å². The van der Waals surface area contributed by atoms with Crippen molar-refractivity contribution in [3.63, 3.8) is 0 Å². The number of amides is 1.